The lowest BCUT2D eigenvalue weighted by Crippen LogP contribution is -2.49. The van der Waals surface area contributed by atoms with Gasteiger partial charge in [-0.3, -0.25) is 9.69 Å². The van der Waals surface area contributed by atoms with Crippen LogP contribution in [-0.4, -0.2) is 46.0 Å². The zero-order valence-electron chi connectivity index (χ0n) is 15.3. The molecule has 0 aromatic heterocycles. The highest BCUT2D eigenvalue weighted by Crippen LogP contribution is 2.30. The quantitative estimate of drug-likeness (QED) is 0.745. The van der Waals surface area contributed by atoms with Crippen LogP contribution < -0.4 is 0 Å². The third-order valence-electron chi connectivity index (χ3n) is 3.31. The molecule has 1 amide bonds. The number of hydrogen-bond acceptors (Lipinski definition) is 5. The minimum atomic E-state index is -0.701. The number of esters is 1. The first-order chi connectivity index (χ1) is 10.3. The molecule has 1 aliphatic rings. The Morgan fingerprint density at radius 1 is 0.957 bits per heavy atom. The van der Waals surface area contributed by atoms with E-state index in [4.69, 9.17) is 9.47 Å². The Morgan fingerprint density at radius 3 is 1.91 bits per heavy atom. The number of rotatable bonds is 3. The van der Waals surface area contributed by atoms with Crippen LogP contribution in [0.25, 0.3) is 0 Å². The van der Waals surface area contributed by atoms with Gasteiger partial charge in [0.25, 0.3) is 0 Å². The third-order valence-corrected chi connectivity index (χ3v) is 3.31. The van der Waals surface area contributed by atoms with Gasteiger partial charge in [0.05, 0.1) is 0 Å². The molecule has 1 fully saturated rings. The molecule has 0 N–H and O–H groups in total. The van der Waals surface area contributed by atoms with Crippen LogP contribution in [0.5, 0.6) is 0 Å². The molecule has 23 heavy (non-hydrogen) atoms. The van der Waals surface area contributed by atoms with E-state index in [1.807, 2.05) is 0 Å². The Hall–Kier alpha value is -1.59. The molecule has 1 aliphatic heterocycles. The van der Waals surface area contributed by atoms with Crippen molar-refractivity contribution in [3.05, 3.63) is 0 Å². The fourth-order valence-electron chi connectivity index (χ4n) is 2.61. The maximum atomic E-state index is 12.5. The van der Waals surface area contributed by atoms with Gasteiger partial charge in [0.15, 0.2) is 0 Å². The van der Waals surface area contributed by atoms with Crippen molar-refractivity contribution >= 4 is 17.8 Å². The van der Waals surface area contributed by atoms with E-state index >= 15 is 0 Å². The van der Waals surface area contributed by atoms with Crippen LogP contribution in [0.2, 0.25) is 0 Å². The summed E-state index contributed by atoms with van der Waals surface area (Å²) in [7, 11) is 0. The molecule has 0 unspecified atom stereocenters. The van der Waals surface area contributed by atoms with Gasteiger partial charge in [-0.05, 0) is 61.3 Å². The molecule has 2 atom stereocenters. The first-order valence-electron chi connectivity index (χ1n) is 8.04. The van der Waals surface area contributed by atoms with Gasteiger partial charge in [-0.25, -0.2) is 9.59 Å². The zero-order chi connectivity index (χ0) is 18.0. The largest absolute Gasteiger partial charge is 0.458 e. The van der Waals surface area contributed by atoms with Crippen LogP contribution >= 0.6 is 0 Å². The first-order valence-corrected chi connectivity index (χ1v) is 8.04. The number of amides is 1. The van der Waals surface area contributed by atoms with E-state index < -0.39 is 29.3 Å². The second kappa shape index (κ2) is 6.89. The van der Waals surface area contributed by atoms with Crippen molar-refractivity contribution < 1.29 is 23.9 Å². The summed E-state index contributed by atoms with van der Waals surface area (Å²) in [6, 6.07) is -1.02. The highest BCUT2D eigenvalue weighted by atomic mass is 16.6. The Morgan fingerprint density at radius 2 is 1.48 bits per heavy atom. The van der Waals surface area contributed by atoms with E-state index in [1.54, 1.807) is 41.5 Å². The highest BCUT2D eigenvalue weighted by molar-refractivity contribution is 5.84. The van der Waals surface area contributed by atoms with Gasteiger partial charge in [0.2, 0.25) is 0 Å². The summed E-state index contributed by atoms with van der Waals surface area (Å²) in [4.78, 5) is 37.8. The van der Waals surface area contributed by atoms with Crippen LogP contribution in [0.3, 0.4) is 0 Å². The maximum Gasteiger partial charge on any atom is 0.411 e. The van der Waals surface area contributed by atoms with Crippen molar-refractivity contribution in [3.8, 4) is 0 Å². The van der Waals surface area contributed by atoms with E-state index in [0.717, 1.165) is 0 Å². The number of nitrogens with zero attached hydrogens (tertiary/aromatic N) is 1. The normalized spacial score (nSPS) is 22.0. The summed E-state index contributed by atoms with van der Waals surface area (Å²) >= 11 is 0. The lowest BCUT2D eigenvalue weighted by atomic mass is 10.1. The summed E-state index contributed by atoms with van der Waals surface area (Å²) in [5.74, 6) is -0.470. The monoisotopic (exact) mass is 327 g/mol. The predicted octanol–water partition coefficient (Wildman–Crippen LogP) is 3.08. The van der Waals surface area contributed by atoms with Crippen molar-refractivity contribution in [1.82, 2.24) is 4.90 Å². The number of likely N-dealkylation sites (tertiary alicyclic amines) is 1. The van der Waals surface area contributed by atoms with E-state index in [1.165, 1.54) is 11.8 Å². The van der Waals surface area contributed by atoms with Crippen LogP contribution in [0, 0.1) is 0 Å². The van der Waals surface area contributed by atoms with Crippen LogP contribution in [-0.2, 0) is 19.1 Å². The smallest absolute Gasteiger partial charge is 0.411 e. The van der Waals surface area contributed by atoms with Gasteiger partial charge in [-0.2, -0.15) is 0 Å². The molecule has 0 aromatic carbocycles. The van der Waals surface area contributed by atoms with Crippen molar-refractivity contribution in [2.45, 2.75) is 91.0 Å². The van der Waals surface area contributed by atoms with Crippen LogP contribution in [0.15, 0.2) is 0 Å². The SMILES string of the molecule is CC(=O)C[C@H]1CC[C@@H](C(=O)OC(C)(C)C)N1C(=O)OC(C)(C)C. The highest BCUT2D eigenvalue weighted by Gasteiger charge is 2.44. The van der Waals surface area contributed by atoms with E-state index in [9.17, 15) is 14.4 Å². The van der Waals surface area contributed by atoms with E-state index in [0.29, 0.717) is 12.8 Å². The van der Waals surface area contributed by atoms with Crippen LogP contribution in [0.1, 0.15) is 67.7 Å². The molecule has 0 saturated carbocycles. The summed E-state index contributed by atoms with van der Waals surface area (Å²) in [6.07, 6.45) is 0.713. The van der Waals surface area contributed by atoms with E-state index in [2.05, 4.69) is 0 Å². The number of ketones is 1. The lowest BCUT2D eigenvalue weighted by molar-refractivity contribution is -0.160. The third kappa shape index (κ3) is 6.20. The molecule has 1 saturated heterocycles. The summed E-state index contributed by atoms with van der Waals surface area (Å²) in [6.45, 7) is 12.1. The Balaban J connectivity index is 2.97. The first kappa shape index (κ1) is 19.5. The number of Topliss-reactive ketones (excluding diaryl/α,β-unsaturated/α-hetero) is 1. The number of hydrogen-bond donors (Lipinski definition) is 0. The fraction of sp³-hybridized carbons (Fsp3) is 0.824. The molecular formula is C17H29NO5. The number of ether oxygens (including phenoxy) is 2. The number of carbonyl (C=O) groups is 3. The van der Waals surface area contributed by atoms with Gasteiger partial charge in [-0.15, -0.1) is 0 Å². The molecule has 0 radical (unpaired) electrons. The molecule has 0 spiro atoms. The minimum absolute atomic E-state index is 0.0200. The van der Waals surface area contributed by atoms with Crippen molar-refractivity contribution in [3.63, 3.8) is 0 Å². The second-order valence-corrected chi connectivity index (χ2v) is 8.07. The molecule has 132 valence electrons. The maximum absolute atomic E-state index is 12.5. The molecule has 0 bridgehead atoms. The van der Waals surface area contributed by atoms with Gasteiger partial charge < -0.3 is 9.47 Å². The van der Waals surface area contributed by atoms with Crippen molar-refractivity contribution in [2.75, 3.05) is 0 Å². The molecule has 6 nitrogen and oxygen atoms in total. The van der Waals surface area contributed by atoms with Crippen molar-refractivity contribution in [1.29, 1.82) is 0 Å². The van der Waals surface area contributed by atoms with Gasteiger partial charge >= 0.3 is 12.1 Å². The summed E-state index contributed by atoms with van der Waals surface area (Å²) in [5.41, 5.74) is -1.30. The summed E-state index contributed by atoms with van der Waals surface area (Å²) < 4.78 is 10.8. The van der Waals surface area contributed by atoms with Gasteiger partial charge in [0.1, 0.15) is 23.0 Å². The molecule has 0 aromatic rings. The molecular weight excluding hydrogens is 298 g/mol. The Bertz CT molecular complexity index is 472. The molecule has 6 heteroatoms. The van der Waals surface area contributed by atoms with Crippen molar-refractivity contribution in [2.24, 2.45) is 0 Å². The summed E-state index contributed by atoms with van der Waals surface area (Å²) in [5, 5.41) is 0. The lowest BCUT2D eigenvalue weighted by Gasteiger charge is -2.32. The fourth-order valence-corrected chi connectivity index (χ4v) is 2.61. The second-order valence-electron chi connectivity index (χ2n) is 8.07. The van der Waals surface area contributed by atoms with Gasteiger partial charge in [-0.1, -0.05) is 0 Å². The predicted molar refractivity (Wildman–Crippen MR) is 86.0 cm³/mol. The molecule has 1 heterocycles. The Kier molecular flexibility index (Phi) is 5.83. The number of carbonyl (C=O) groups excluding carboxylic acids is 3. The minimum Gasteiger partial charge on any atom is -0.458 e. The average molecular weight is 327 g/mol. The molecule has 0 aliphatic carbocycles. The van der Waals surface area contributed by atoms with E-state index in [-0.39, 0.29) is 18.2 Å². The van der Waals surface area contributed by atoms with Crippen LogP contribution in [0.4, 0.5) is 4.79 Å². The van der Waals surface area contributed by atoms with Gasteiger partial charge in [0, 0.05) is 12.5 Å². The zero-order valence-corrected chi connectivity index (χ0v) is 15.3. The standard InChI is InChI=1S/C17H29NO5/c1-11(19)10-12-8-9-13(14(20)22-16(2,3)4)18(12)15(21)23-17(5,6)7/h12-13H,8-10H2,1-7H3/t12-,13+/m1/s1. The molecule has 1 rings (SSSR count). The Labute approximate surface area is 138 Å². The average Bonchev–Trinajstić information content (AvgIpc) is 2.66. The topological polar surface area (TPSA) is 72.9 Å².